The number of carbonyl (C=O) groups is 2. The van der Waals surface area contributed by atoms with Gasteiger partial charge < -0.3 is 19.7 Å². The van der Waals surface area contributed by atoms with Crippen LogP contribution in [0.2, 0.25) is 10.0 Å². The third-order valence-corrected chi connectivity index (χ3v) is 10.1. The Bertz CT molecular complexity index is 1810. The Balaban J connectivity index is 1.87. The van der Waals surface area contributed by atoms with Crippen molar-refractivity contribution >= 4 is 50.7 Å². The first-order valence-electron chi connectivity index (χ1n) is 15.3. The third kappa shape index (κ3) is 9.21. The van der Waals surface area contributed by atoms with Crippen LogP contribution >= 0.6 is 23.2 Å². The highest BCUT2D eigenvalue weighted by Crippen LogP contribution is 2.36. The van der Waals surface area contributed by atoms with Crippen LogP contribution in [0.1, 0.15) is 25.0 Å². The van der Waals surface area contributed by atoms with Gasteiger partial charge in [-0.05, 0) is 53.4 Å². The number of rotatable bonds is 15. The van der Waals surface area contributed by atoms with Crippen LogP contribution < -0.4 is 19.1 Å². The van der Waals surface area contributed by atoms with Crippen molar-refractivity contribution in [3.05, 3.63) is 118 Å². The van der Waals surface area contributed by atoms with Crippen LogP contribution in [0.5, 0.6) is 11.5 Å². The van der Waals surface area contributed by atoms with E-state index in [0.717, 1.165) is 9.87 Å². The lowest BCUT2D eigenvalue weighted by Crippen LogP contribution is -2.53. The normalized spacial score (nSPS) is 11.9. The number of nitrogens with one attached hydrogen (secondary N) is 1. The largest absolute Gasteiger partial charge is 0.497 e. The number of benzene rings is 4. The lowest BCUT2D eigenvalue weighted by atomic mass is 10.0. The summed E-state index contributed by atoms with van der Waals surface area (Å²) in [6.45, 7) is 3.61. The van der Waals surface area contributed by atoms with Crippen molar-refractivity contribution in [2.24, 2.45) is 5.92 Å². The van der Waals surface area contributed by atoms with Crippen LogP contribution in [-0.4, -0.2) is 58.5 Å². The molecule has 0 saturated carbocycles. The van der Waals surface area contributed by atoms with Gasteiger partial charge in [-0.2, -0.15) is 0 Å². The summed E-state index contributed by atoms with van der Waals surface area (Å²) in [6, 6.07) is 25.7. The van der Waals surface area contributed by atoms with E-state index < -0.39 is 28.5 Å². The zero-order valence-electron chi connectivity index (χ0n) is 27.2. The third-order valence-electron chi connectivity index (χ3n) is 7.56. The number of carbonyl (C=O) groups excluding carboxylic acids is 2. The average molecular weight is 713 g/mol. The standard InChI is InChI=1S/C36H39Cl2N3O6S/c1-25(2)22-39-36(43)33(20-26-11-7-5-8-12-26)40(23-27-15-17-30(37)31(38)19-27)35(42)24-41(48(44,45)29-13-9-6-10-14-29)32-21-28(46-3)16-18-34(32)47-4/h5-19,21,25,33H,20,22-24H2,1-4H3,(H,39,43)/t33-/m0/s1. The van der Waals surface area contributed by atoms with Crippen molar-refractivity contribution in [1.29, 1.82) is 0 Å². The van der Waals surface area contributed by atoms with E-state index in [2.05, 4.69) is 5.32 Å². The van der Waals surface area contributed by atoms with Gasteiger partial charge in [0.05, 0.1) is 34.8 Å². The highest BCUT2D eigenvalue weighted by Gasteiger charge is 2.36. The Morgan fingerprint density at radius 2 is 1.48 bits per heavy atom. The summed E-state index contributed by atoms with van der Waals surface area (Å²) in [7, 11) is -1.48. The fraction of sp³-hybridized carbons (Fsp3) is 0.278. The molecule has 0 aliphatic heterocycles. The van der Waals surface area contributed by atoms with E-state index in [9.17, 15) is 18.0 Å². The molecular weight excluding hydrogens is 673 g/mol. The number of nitrogens with zero attached hydrogens (tertiary/aromatic N) is 2. The molecule has 4 rings (SSSR count). The molecule has 254 valence electrons. The zero-order chi connectivity index (χ0) is 34.8. The van der Waals surface area contributed by atoms with Crippen molar-refractivity contribution < 1.29 is 27.5 Å². The van der Waals surface area contributed by atoms with Gasteiger partial charge in [-0.25, -0.2) is 8.42 Å². The molecule has 4 aromatic carbocycles. The van der Waals surface area contributed by atoms with E-state index in [-0.39, 0.29) is 46.1 Å². The van der Waals surface area contributed by atoms with Gasteiger partial charge in [-0.3, -0.25) is 13.9 Å². The van der Waals surface area contributed by atoms with E-state index in [1.165, 1.54) is 37.3 Å². The van der Waals surface area contributed by atoms with Gasteiger partial charge in [0, 0.05) is 25.6 Å². The van der Waals surface area contributed by atoms with Crippen LogP contribution in [0.15, 0.2) is 102 Å². The number of amides is 2. The van der Waals surface area contributed by atoms with Crippen LogP contribution in [-0.2, 0) is 32.6 Å². The van der Waals surface area contributed by atoms with Crippen LogP contribution in [0.25, 0.3) is 0 Å². The van der Waals surface area contributed by atoms with E-state index in [1.54, 1.807) is 48.5 Å². The van der Waals surface area contributed by atoms with Gasteiger partial charge in [0.2, 0.25) is 11.8 Å². The van der Waals surface area contributed by atoms with Crippen molar-refractivity contribution in [2.75, 3.05) is 31.6 Å². The molecule has 0 fully saturated rings. The first-order chi connectivity index (χ1) is 22.9. The lowest BCUT2D eigenvalue weighted by Gasteiger charge is -2.34. The minimum absolute atomic E-state index is 0.0331. The second kappa shape index (κ2) is 16.7. The van der Waals surface area contributed by atoms with Gasteiger partial charge in [0.25, 0.3) is 10.0 Å². The van der Waals surface area contributed by atoms with Crippen LogP contribution in [0.3, 0.4) is 0 Å². The Morgan fingerprint density at radius 1 is 0.812 bits per heavy atom. The second-order valence-electron chi connectivity index (χ2n) is 11.5. The molecule has 2 amide bonds. The van der Waals surface area contributed by atoms with Crippen LogP contribution in [0, 0.1) is 5.92 Å². The summed E-state index contributed by atoms with van der Waals surface area (Å²) in [5.74, 6) is -0.301. The quantitative estimate of drug-likeness (QED) is 0.149. The lowest BCUT2D eigenvalue weighted by molar-refractivity contribution is -0.140. The van der Waals surface area contributed by atoms with Crippen molar-refractivity contribution in [1.82, 2.24) is 10.2 Å². The number of anilines is 1. The van der Waals surface area contributed by atoms with Crippen LogP contribution in [0.4, 0.5) is 5.69 Å². The maximum atomic E-state index is 14.7. The highest BCUT2D eigenvalue weighted by atomic mass is 35.5. The molecule has 0 bridgehead atoms. The summed E-state index contributed by atoms with van der Waals surface area (Å²) >= 11 is 12.6. The van der Waals surface area contributed by atoms with Crippen molar-refractivity contribution in [3.8, 4) is 11.5 Å². The summed E-state index contributed by atoms with van der Waals surface area (Å²) in [5.41, 5.74) is 1.51. The summed E-state index contributed by atoms with van der Waals surface area (Å²) < 4.78 is 40.6. The first kappa shape index (κ1) is 36.6. The number of methoxy groups -OCH3 is 2. The Labute approximate surface area is 292 Å². The molecule has 0 saturated heterocycles. The fourth-order valence-electron chi connectivity index (χ4n) is 5.04. The molecule has 0 aliphatic carbocycles. The summed E-state index contributed by atoms with van der Waals surface area (Å²) in [5, 5.41) is 3.58. The molecule has 4 aromatic rings. The average Bonchev–Trinajstić information content (AvgIpc) is 3.09. The second-order valence-corrected chi connectivity index (χ2v) is 14.2. The molecule has 0 heterocycles. The van der Waals surface area contributed by atoms with Gasteiger partial charge in [-0.15, -0.1) is 0 Å². The van der Waals surface area contributed by atoms with Gasteiger partial charge in [0.15, 0.2) is 0 Å². The molecule has 1 atom stereocenters. The number of halogens is 2. The minimum Gasteiger partial charge on any atom is -0.497 e. The van der Waals surface area contributed by atoms with Gasteiger partial charge in [-0.1, -0.05) is 91.6 Å². The molecule has 0 spiro atoms. The molecule has 1 N–H and O–H groups in total. The predicted molar refractivity (Wildman–Crippen MR) is 189 cm³/mol. The Morgan fingerprint density at radius 3 is 2.08 bits per heavy atom. The first-order valence-corrected chi connectivity index (χ1v) is 17.5. The topological polar surface area (TPSA) is 105 Å². The highest BCUT2D eigenvalue weighted by molar-refractivity contribution is 7.92. The van der Waals surface area contributed by atoms with Crippen molar-refractivity contribution in [2.45, 2.75) is 37.8 Å². The van der Waals surface area contributed by atoms with Crippen molar-refractivity contribution in [3.63, 3.8) is 0 Å². The molecule has 0 unspecified atom stereocenters. The zero-order valence-corrected chi connectivity index (χ0v) is 29.6. The SMILES string of the molecule is COc1ccc(OC)c(N(CC(=O)N(Cc2ccc(Cl)c(Cl)c2)[C@@H](Cc2ccccc2)C(=O)NCC(C)C)S(=O)(=O)c2ccccc2)c1. The molecule has 0 aliphatic rings. The Hall–Kier alpha value is -4.25. The molecule has 12 heteroatoms. The fourth-order valence-corrected chi connectivity index (χ4v) is 6.79. The minimum atomic E-state index is -4.34. The number of ether oxygens (including phenoxy) is 2. The van der Waals surface area contributed by atoms with E-state index in [0.29, 0.717) is 22.9 Å². The summed E-state index contributed by atoms with van der Waals surface area (Å²) in [4.78, 5) is 30.0. The van der Waals surface area contributed by atoms with E-state index in [4.69, 9.17) is 32.7 Å². The van der Waals surface area contributed by atoms with Gasteiger partial charge in [0.1, 0.15) is 24.1 Å². The molecule has 0 radical (unpaired) electrons. The molecule has 0 aromatic heterocycles. The molecule has 9 nitrogen and oxygen atoms in total. The number of hydrogen-bond donors (Lipinski definition) is 1. The number of sulfonamides is 1. The summed E-state index contributed by atoms with van der Waals surface area (Å²) in [6.07, 6.45) is 0.172. The maximum Gasteiger partial charge on any atom is 0.264 e. The monoisotopic (exact) mass is 711 g/mol. The van der Waals surface area contributed by atoms with E-state index in [1.807, 2.05) is 44.2 Å². The van der Waals surface area contributed by atoms with E-state index >= 15 is 0 Å². The maximum absolute atomic E-state index is 14.7. The number of hydrogen-bond acceptors (Lipinski definition) is 6. The smallest absolute Gasteiger partial charge is 0.264 e. The predicted octanol–water partition coefficient (Wildman–Crippen LogP) is 6.62. The molecule has 48 heavy (non-hydrogen) atoms. The van der Waals surface area contributed by atoms with Gasteiger partial charge >= 0.3 is 0 Å². The Kier molecular flexibility index (Phi) is 12.7. The molecular formula is C36H39Cl2N3O6S.